The molecule has 0 amide bonds. The van der Waals surface area contributed by atoms with Gasteiger partial charge in [-0.2, -0.15) is 13.2 Å². The highest BCUT2D eigenvalue weighted by Crippen LogP contribution is 2.34. The van der Waals surface area contributed by atoms with Crippen LogP contribution in [0.5, 0.6) is 5.88 Å². The number of hydrogen-bond donors (Lipinski definition) is 1. The Morgan fingerprint density at radius 3 is 2.74 bits per heavy atom. The molecule has 0 saturated heterocycles. The van der Waals surface area contributed by atoms with Gasteiger partial charge in [-0.1, -0.05) is 6.92 Å². The number of anilines is 1. The van der Waals surface area contributed by atoms with Crippen molar-refractivity contribution >= 4 is 5.82 Å². The van der Waals surface area contributed by atoms with E-state index in [9.17, 15) is 13.2 Å². The summed E-state index contributed by atoms with van der Waals surface area (Å²) < 4.78 is 43.5. The Labute approximate surface area is 131 Å². The second-order valence-corrected chi connectivity index (χ2v) is 4.77. The maximum absolute atomic E-state index is 12.8. The van der Waals surface area contributed by atoms with Gasteiger partial charge < -0.3 is 10.1 Å². The van der Waals surface area contributed by atoms with Crippen molar-refractivity contribution in [3.05, 3.63) is 41.5 Å². The largest absolute Gasteiger partial charge is 0.475 e. The Morgan fingerprint density at radius 1 is 1.26 bits per heavy atom. The molecule has 0 aliphatic carbocycles. The summed E-state index contributed by atoms with van der Waals surface area (Å²) in [5, 5.41) is 3.00. The van der Waals surface area contributed by atoms with Crippen LogP contribution in [0.3, 0.4) is 0 Å². The van der Waals surface area contributed by atoms with Gasteiger partial charge in [-0.25, -0.2) is 15.0 Å². The van der Waals surface area contributed by atoms with Crippen LogP contribution < -0.4 is 10.1 Å². The fraction of sp³-hybridized carbons (Fsp3) is 0.400. The lowest BCUT2D eigenvalue weighted by molar-refractivity contribution is -0.139. The van der Waals surface area contributed by atoms with Gasteiger partial charge in [0, 0.05) is 18.0 Å². The maximum atomic E-state index is 12.8. The maximum Gasteiger partial charge on any atom is 0.421 e. The molecule has 0 bridgehead atoms. The molecule has 0 aliphatic rings. The number of nitrogens with one attached hydrogen (secondary N) is 1. The monoisotopic (exact) mass is 326 g/mol. The summed E-state index contributed by atoms with van der Waals surface area (Å²) >= 11 is 0. The molecule has 2 aromatic rings. The molecule has 0 unspecified atom stereocenters. The zero-order chi connectivity index (χ0) is 16.9. The number of alkyl halides is 3. The summed E-state index contributed by atoms with van der Waals surface area (Å²) in [5.74, 6) is 0.835. The minimum absolute atomic E-state index is 0.0323. The normalized spacial score (nSPS) is 11.3. The molecular formula is C15H17F3N4O. The minimum atomic E-state index is -4.49. The van der Waals surface area contributed by atoms with Gasteiger partial charge in [0.25, 0.3) is 0 Å². The van der Waals surface area contributed by atoms with Crippen LogP contribution in [0.15, 0.2) is 24.4 Å². The third kappa shape index (κ3) is 4.80. The van der Waals surface area contributed by atoms with Crippen molar-refractivity contribution in [1.82, 2.24) is 15.0 Å². The van der Waals surface area contributed by atoms with Gasteiger partial charge in [-0.05, 0) is 25.5 Å². The summed E-state index contributed by atoms with van der Waals surface area (Å²) in [4.78, 5) is 12.1. The Bertz CT molecular complexity index is 661. The lowest BCUT2D eigenvalue weighted by Crippen LogP contribution is -2.16. The Morgan fingerprint density at radius 2 is 2.04 bits per heavy atom. The summed E-state index contributed by atoms with van der Waals surface area (Å²) in [7, 11) is 0. The third-order valence-electron chi connectivity index (χ3n) is 2.98. The Kier molecular flexibility index (Phi) is 5.36. The molecule has 23 heavy (non-hydrogen) atoms. The fourth-order valence-corrected chi connectivity index (χ4v) is 1.95. The fourth-order valence-electron chi connectivity index (χ4n) is 1.95. The molecule has 1 N–H and O–H groups in total. The molecule has 2 heterocycles. The number of nitrogens with zero attached hydrogens (tertiary/aromatic N) is 3. The third-order valence-corrected chi connectivity index (χ3v) is 2.98. The molecule has 0 atom stereocenters. The number of rotatable bonds is 6. The second-order valence-electron chi connectivity index (χ2n) is 4.77. The molecule has 5 nitrogen and oxygen atoms in total. The lowest BCUT2D eigenvalue weighted by Gasteiger charge is -2.13. The first-order valence-corrected chi connectivity index (χ1v) is 7.13. The second kappa shape index (κ2) is 7.26. The average molecular weight is 326 g/mol. The van der Waals surface area contributed by atoms with Crippen LogP contribution in [0.4, 0.5) is 19.0 Å². The van der Waals surface area contributed by atoms with Crippen molar-refractivity contribution < 1.29 is 17.9 Å². The predicted molar refractivity (Wildman–Crippen MR) is 79.4 cm³/mol. The zero-order valence-electron chi connectivity index (χ0n) is 12.8. The van der Waals surface area contributed by atoms with Gasteiger partial charge in [-0.3, -0.25) is 0 Å². The van der Waals surface area contributed by atoms with Gasteiger partial charge in [0.2, 0.25) is 5.88 Å². The standard InChI is InChI=1S/C15H17F3N4O/c1-3-11-9-13(22-10(2)21-11)19-7-8-23-14-12(15(16,17)18)5-4-6-20-14/h4-6,9H,3,7-8H2,1-2H3,(H,19,21,22). The van der Waals surface area contributed by atoms with Gasteiger partial charge >= 0.3 is 6.18 Å². The number of aryl methyl sites for hydroxylation is 2. The molecule has 0 aliphatic heterocycles. The van der Waals surface area contributed by atoms with Gasteiger partial charge in [0.15, 0.2) is 0 Å². The van der Waals surface area contributed by atoms with Crippen molar-refractivity contribution in [2.45, 2.75) is 26.4 Å². The van der Waals surface area contributed by atoms with E-state index in [2.05, 4.69) is 20.3 Å². The van der Waals surface area contributed by atoms with E-state index in [1.807, 2.05) is 6.92 Å². The van der Waals surface area contributed by atoms with Crippen molar-refractivity contribution in [2.75, 3.05) is 18.5 Å². The topological polar surface area (TPSA) is 59.9 Å². The first-order valence-electron chi connectivity index (χ1n) is 7.13. The number of aromatic nitrogens is 3. The van der Waals surface area contributed by atoms with Crippen LogP contribution in [0.25, 0.3) is 0 Å². The molecule has 0 spiro atoms. The van der Waals surface area contributed by atoms with E-state index < -0.39 is 17.6 Å². The number of hydrogen-bond acceptors (Lipinski definition) is 5. The first kappa shape index (κ1) is 17.0. The van der Waals surface area contributed by atoms with Gasteiger partial charge in [-0.15, -0.1) is 0 Å². The van der Waals surface area contributed by atoms with Crippen LogP contribution in [0.2, 0.25) is 0 Å². The summed E-state index contributed by atoms with van der Waals surface area (Å²) in [6.07, 6.45) is -2.45. The molecule has 0 aromatic carbocycles. The molecular weight excluding hydrogens is 309 g/mol. The van der Waals surface area contributed by atoms with Gasteiger partial charge in [0.1, 0.15) is 23.8 Å². The van der Waals surface area contributed by atoms with Gasteiger partial charge in [0.05, 0.1) is 6.54 Å². The van der Waals surface area contributed by atoms with Crippen molar-refractivity contribution in [1.29, 1.82) is 0 Å². The predicted octanol–water partition coefficient (Wildman–Crippen LogP) is 3.25. The van der Waals surface area contributed by atoms with Crippen molar-refractivity contribution in [3.63, 3.8) is 0 Å². The summed E-state index contributed by atoms with van der Waals surface area (Å²) in [5.41, 5.74) is 0.0103. The number of halogens is 3. The number of pyridine rings is 1. The highest BCUT2D eigenvalue weighted by Gasteiger charge is 2.34. The molecule has 0 fully saturated rings. The molecule has 0 saturated carbocycles. The van der Waals surface area contributed by atoms with E-state index in [0.717, 1.165) is 18.2 Å². The first-order chi connectivity index (χ1) is 10.9. The van der Waals surface area contributed by atoms with E-state index in [1.54, 1.807) is 13.0 Å². The molecule has 2 aromatic heterocycles. The SMILES string of the molecule is CCc1cc(NCCOc2ncccc2C(F)(F)F)nc(C)n1. The molecule has 8 heteroatoms. The van der Waals surface area contributed by atoms with Crippen LogP contribution in [0, 0.1) is 6.92 Å². The average Bonchev–Trinajstić information content (AvgIpc) is 2.50. The lowest BCUT2D eigenvalue weighted by atomic mass is 10.2. The molecule has 124 valence electrons. The smallest absolute Gasteiger partial charge is 0.421 e. The van der Waals surface area contributed by atoms with Crippen LogP contribution in [-0.4, -0.2) is 28.1 Å². The Balaban J connectivity index is 1.93. The summed E-state index contributed by atoms with van der Waals surface area (Å²) in [6, 6.07) is 3.97. The highest BCUT2D eigenvalue weighted by atomic mass is 19.4. The van der Waals surface area contributed by atoms with E-state index in [4.69, 9.17) is 4.74 Å². The van der Waals surface area contributed by atoms with E-state index in [-0.39, 0.29) is 6.61 Å². The molecule has 0 radical (unpaired) electrons. The Hall–Kier alpha value is -2.38. The van der Waals surface area contributed by atoms with E-state index in [1.165, 1.54) is 12.3 Å². The minimum Gasteiger partial charge on any atom is -0.475 e. The van der Waals surface area contributed by atoms with Crippen LogP contribution >= 0.6 is 0 Å². The molecule has 2 rings (SSSR count). The highest BCUT2D eigenvalue weighted by molar-refractivity contribution is 5.36. The van der Waals surface area contributed by atoms with Crippen LogP contribution in [0.1, 0.15) is 24.0 Å². The van der Waals surface area contributed by atoms with E-state index >= 15 is 0 Å². The van der Waals surface area contributed by atoms with Crippen molar-refractivity contribution in [3.8, 4) is 5.88 Å². The quantitative estimate of drug-likeness (QED) is 0.826. The number of ether oxygens (including phenoxy) is 1. The van der Waals surface area contributed by atoms with E-state index in [0.29, 0.717) is 18.2 Å². The van der Waals surface area contributed by atoms with Crippen LogP contribution in [-0.2, 0) is 12.6 Å². The summed E-state index contributed by atoms with van der Waals surface area (Å²) in [6.45, 7) is 4.09. The zero-order valence-corrected chi connectivity index (χ0v) is 12.8. The van der Waals surface area contributed by atoms with Crippen molar-refractivity contribution in [2.24, 2.45) is 0 Å².